The van der Waals surface area contributed by atoms with Crippen molar-refractivity contribution >= 4 is 15.8 Å². The third-order valence-corrected chi connectivity index (χ3v) is 4.64. The first-order chi connectivity index (χ1) is 7.80. The number of hydrogen-bond acceptors (Lipinski definition) is 4. The Morgan fingerprint density at radius 1 is 1.53 bits per heavy atom. The summed E-state index contributed by atoms with van der Waals surface area (Å²) in [5, 5.41) is 8.83. The summed E-state index contributed by atoms with van der Waals surface area (Å²) in [6.07, 6.45) is 1.23. The van der Waals surface area contributed by atoms with E-state index >= 15 is 0 Å². The molecule has 0 aromatic rings. The first-order valence-corrected chi connectivity index (χ1v) is 7.43. The Kier molecular flexibility index (Phi) is 4.70. The van der Waals surface area contributed by atoms with Gasteiger partial charge in [0.25, 0.3) is 0 Å². The van der Waals surface area contributed by atoms with Crippen molar-refractivity contribution < 1.29 is 18.3 Å². The molecule has 0 aromatic carbocycles. The molecule has 6 heteroatoms. The van der Waals surface area contributed by atoms with Crippen LogP contribution in [-0.2, 0) is 14.6 Å². The minimum atomic E-state index is -2.97. The van der Waals surface area contributed by atoms with E-state index in [2.05, 4.69) is 6.58 Å². The van der Waals surface area contributed by atoms with E-state index in [1.165, 1.54) is 0 Å². The fourth-order valence-corrected chi connectivity index (χ4v) is 3.72. The van der Waals surface area contributed by atoms with Crippen molar-refractivity contribution in [1.82, 2.24) is 4.90 Å². The van der Waals surface area contributed by atoms with Gasteiger partial charge in [-0.15, -0.1) is 6.58 Å². The zero-order chi connectivity index (χ0) is 13.1. The van der Waals surface area contributed by atoms with Crippen molar-refractivity contribution in [1.29, 1.82) is 0 Å². The highest BCUT2D eigenvalue weighted by Crippen LogP contribution is 2.18. The zero-order valence-electron chi connectivity index (χ0n) is 10.1. The normalized spacial score (nSPS) is 22.8. The van der Waals surface area contributed by atoms with Gasteiger partial charge >= 0.3 is 5.97 Å². The summed E-state index contributed by atoms with van der Waals surface area (Å²) in [5.74, 6) is -0.673. The summed E-state index contributed by atoms with van der Waals surface area (Å²) < 4.78 is 22.8. The predicted octanol–water partition coefficient (Wildman–Crippen LogP) is 0.526. The Hall–Kier alpha value is -0.880. The van der Waals surface area contributed by atoms with Gasteiger partial charge in [0.05, 0.1) is 18.1 Å². The second-order valence-electron chi connectivity index (χ2n) is 4.63. The maximum atomic E-state index is 11.4. The summed E-state index contributed by atoms with van der Waals surface area (Å²) in [4.78, 5) is 12.5. The molecule has 1 heterocycles. The van der Waals surface area contributed by atoms with Crippen LogP contribution in [0.25, 0.3) is 0 Å². The van der Waals surface area contributed by atoms with E-state index in [1.54, 1.807) is 4.90 Å². The maximum absolute atomic E-state index is 11.4. The van der Waals surface area contributed by atoms with Crippen molar-refractivity contribution in [2.75, 3.05) is 24.6 Å². The van der Waals surface area contributed by atoms with Gasteiger partial charge in [-0.2, -0.15) is 0 Å². The molecule has 1 atom stereocenters. The largest absolute Gasteiger partial charge is 0.480 e. The van der Waals surface area contributed by atoms with Crippen LogP contribution < -0.4 is 0 Å². The molecule has 0 spiro atoms. The fourth-order valence-electron chi connectivity index (χ4n) is 1.96. The number of carbonyl (C=O) groups is 1. The summed E-state index contributed by atoms with van der Waals surface area (Å²) in [6.45, 7) is 6.10. The Bertz CT molecular complexity index is 402. The van der Waals surface area contributed by atoms with Gasteiger partial charge in [0.2, 0.25) is 0 Å². The molecule has 1 rings (SSSR count). The van der Waals surface area contributed by atoms with Gasteiger partial charge in [0.1, 0.15) is 0 Å². The number of hydrogen-bond donors (Lipinski definition) is 1. The van der Waals surface area contributed by atoms with E-state index in [9.17, 15) is 13.2 Å². The molecular weight excluding hydrogens is 242 g/mol. The van der Waals surface area contributed by atoms with Crippen LogP contribution in [0.4, 0.5) is 0 Å². The Labute approximate surface area is 102 Å². The fraction of sp³-hybridized carbons (Fsp3) is 0.727. The zero-order valence-corrected chi connectivity index (χ0v) is 10.9. The minimum absolute atomic E-state index is 0.0798. The van der Waals surface area contributed by atoms with Crippen LogP contribution in [0, 0.1) is 0 Å². The van der Waals surface area contributed by atoms with Gasteiger partial charge in [-0.25, -0.2) is 8.42 Å². The lowest BCUT2D eigenvalue weighted by Crippen LogP contribution is -2.40. The molecule has 1 N–H and O–H groups in total. The van der Waals surface area contributed by atoms with Crippen LogP contribution in [0.2, 0.25) is 0 Å². The Morgan fingerprint density at radius 3 is 2.59 bits per heavy atom. The quantitative estimate of drug-likeness (QED) is 0.706. The monoisotopic (exact) mass is 261 g/mol. The predicted molar refractivity (Wildman–Crippen MR) is 65.7 cm³/mol. The van der Waals surface area contributed by atoms with Crippen molar-refractivity contribution in [3.05, 3.63) is 12.2 Å². The molecule has 1 fully saturated rings. The van der Waals surface area contributed by atoms with Crippen LogP contribution in [0.15, 0.2) is 12.2 Å². The highest BCUT2D eigenvalue weighted by atomic mass is 32.2. The minimum Gasteiger partial charge on any atom is -0.480 e. The third-order valence-electron chi connectivity index (χ3n) is 2.89. The molecule has 1 aliphatic rings. The first kappa shape index (κ1) is 14.2. The molecule has 0 aliphatic carbocycles. The Morgan fingerprint density at radius 2 is 2.18 bits per heavy atom. The standard InChI is InChI=1S/C11H19NO4S/c1-9(2)3-5-12(7-11(13)14)10-4-6-17(15,16)8-10/h10H,1,3-8H2,2H3,(H,13,14). The molecular formula is C11H19NO4S. The number of carboxylic acids is 1. The summed E-state index contributed by atoms with van der Waals surface area (Å²) in [5.41, 5.74) is 0.973. The lowest BCUT2D eigenvalue weighted by molar-refractivity contribution is -0.138. The van der Waals surface area contributed by atoms with E-state index in [1.807, 2.05) is 6.92 Å². The van der Waals surface area contributed by atoms with Crippen molar-refractivity contribution in [3.8, 4) is 0 Å². The van der Waals surface area contributed by atoms with Crippen LogP contribution in [0.1, 0.15) is 19.8 Å². The lowest BCUT2D eigenvalue weighted by Gasteiger charge is -2.26. The number of sulfone groups is 1. The molecule has 5 nitrogen and oxygen atoms in total. The second-order valence-corrected chi connectivity index (χ2v) is 6.86. The molecule has 17 heavy (non-hydrogen) atoms. The van der Waals surface area contributed by atoms with Gasteiger partial charge in [-0.05, 0) is 19.8 Å². The van der Waals surface area contributed by atoms with Gasteiger partial charge in [-0.3, -0.25) is 9.69 Å². The molecule has 0 saturated carbocycles. The average Bonchev–Trinajstić information content (AvgIpc) is 2.52. The van der Waals surface area contributed by atoms with E-state index in [0.29, 0.717) is 19.4 Å². The maximum Gasteiger partial charge on any atom is 0.317 e. The Balaban J connectivity index is 2.63. The van der Waals surface area contributed by atoms with Gasteiger partial charge in [0, 0.05) is 12.6 Å². The van der Waals surface area contributed by atoms with Gasteiger partial charge < -0.3 is 5.11 Å². The van der Waals surface area contributed by atoms with Crippen LogP contribution in [0.5, 0.6) is 0 Å². The molecule has 0 bridgehead atoms. The molecule has 0 aromatic heterocycles. The van der Waals surface area contributed by atoms with Crippen molar-refractivity contribution in [3.63, 3.8) is 0 Å². The van der Waals surface area contributed by atoms with E-state index in [0.717, 1.165) is 5.57 Å². The van der Waals surface area contributed by atoms with E-state index in [-0.39, 0.29) is 24.1 Å². The second kappa shape index (κ2) is 5.64. The van der Waals surface area contributed by atoms with Crippen molar-refractivity contribution in [2.24, 2.45) is 0 Å². The number of carboxylic acid groups (broad SMARTS) is 1. The van der Waals surface area contributed by atoms with Gasteiger partial charge in [-0.1, -0.05) is 5.57 Å². The number of rotatable bonds is 6. The van der Waals surface area contributed by atoms with Crippen LogP contribution in [-0.4, -0.2) is 55.0 Å². The topological polar surface area (TPSA) is 74.7 Å². The SMILES string of the molecule is C=C(C)CCN(CC(=O)O)C1CCS(=O)(=O)C1. The van der Waals surface area contributed by atoms with E-state index in [4.69, 9.17) is 5.11 Å². The molecule has 1 aliphatic heterocycles. The summed E-state index contributed by atoms with van der Waals surface area (Å²) in [7, 11) is -2.97. The average molecular weight is 261 g/mol. The summed E-state index contributed by atoms with van der Waals surface area (Å²) in [6, 6.07) is -0.157. The molecule has 1 unspecified atom stereocenters. The van der Waals surface area contributed by atoms with Crippen LogP contribution >= 0.6 is 0 Å². The number of aliphatic carboxylic acids is 1. The lowest BCUT2D eigenvalue weighted by atomic mass is 10.1. The molecule has 1 saturated heterocycles. The van der Waals surface area contributed by atoms with Crippen LogP contribution in [0.3, 0.4) is 0 Å². The first-order valence-electron chi connectivity index (χ1n) is 5.61. The van der Waals surface area contributed by atoms with Gasteiger partial charge in [0.15, 0.2) is 9.84 Å². The molecule has 0 amide bonds. The smallest absolute Gasteiger partial charge is 0.317 e. The van der Waals surface area contributed by atoms with Crippen molar-refractivity contribution in [2.45, 2.75) is 25.8 Å². The highest BCUT2D eigenvalue weighted by molar-refractivity contribution is 7.91. The van der Waals surface area contributed by atoms with E-state index < -0.39 is 15.8 Å². The third kappa shape index (κ3) is 4.87. The highest BCUT2D eigenvalue weighted by Gasteiger charge is 2.32. The molecule has 0 radical (unpaired) electrons. The number of nitrogens with zero attached hydrogens (tertiary/aromatic N) is 1. The molecule has 98 valence electrons. The summed E-state index contributed by atoms with van der Waals surface area (Å²) >= 11 is 0.